The van der Waals surface area contributed by atoms with E-state index in [-0.39, 0.29) is 5.41 Å². The fourth-order valence-electron chi connectivity index (χ4n) is 7.05. The van der Waals surface area contributed by atoms with Crippen LogP contribution in [-0.4, -0.2) is 0 Å². The summed E-state index contributed by atoms with van der Waals surface area (Å²) in [5, 5.41) is 4.40. The normalized spacial score (nSPS) is 13.7. The summed E-state index contributed by atoms with van der Waals surface area (Å²) in [6.45, 7) is 4.64. The first kappa shape index (κ1) is 24.8. The number of rotatable bonds is 3. The lowest BCUT2D eigenvalue weighted by Crippen LogP contribution is -2.15. The van der Waals surface area contributed by atoms with E-state index in [4.69, 9.17) is 8.83 Å². The molecule has 1 aliphatic rings. The van der Waals surface area contributed by atoms with Crippen LogP contribution in [0.25, 0.3) is 55.0 Å². The average molecular weight is 621 g/mol. The van der Waals surface area contributed by atoms with E-state index < -0.39 is 0 Å². The molecular formula is C39H26BrNO2. The van der Waals surface area contributed by atoms with Gasteiger partial charge in [-0.05, 0) is 86.7 Å². The highest BCUT2D eigenvalue weighted by molar-refractivity contribution is 9.10. The predicted octanol–water partition coefficient (Wildman–Crippen LogP) is 12.0. The van der Waals surface area contributed by atoms with Gasteiger partial charge in [0, 0.05) is 50.1 Å². The van der Waals surface area contributed by atoms with E-state index >= 15 is 0 Å². The number of nitrogens with zero attached hydrogens (tertiary/aromatic N) is 1. The van der Waals surface area contributed by atoms with Gasteiger partial charge >= 0.3 is 0 Å². The van der Waals surface area contributed by atoms with Gasteiger partial charge in [-0.25, -0.2) is 0 Å². The molecule has 9 rings (SSSR count). The largest absolute Gasteiger partial charge is 0.456 e. The van der Waals surface area contributed by atoms with Crippen LogP contribution >= 0.6 is 15.9 Å². The number of benzene rings is 6. The zero-order valence-corrected chi connectivity index (χ0v) is 25.3. The van der Waals surface area contributed by atoms with E-state index in [1.54, 1.807) is 0 Å². The molecule has 6 aromatic carbocycles. The van der Waals surface area contributed by atoms with E-state index in [0.29, 0.717) is 0 Å². The number of hydrogen-bond donors (Lipinski definition) is 0. The summed E-state index contributed by atoms with van der Waals surface area (Å²) in [5.41, 5.74) is 11.9. The van der Waals surface area contributed by atoms with Crippen molar-refractivity contribution >= 4 is 76.9 Å². The minimum Gasteiger partial charge on any atom is -0.456 e. The molecule has 0 aliphatic heterocycles. The van der Waals surface area contributed by atoms with Crippen LogP contribution in [0.15, 0.2) is 135 Å². The Balaban J connectivity index is 1.31. The molecule has 0 N–H and O–H groups in total. The van der Waals surface area contributed by atoms with E-state index in [2.05, 4.69) is 132 Å². The molecule has 0 bridgehead atoms. The third-order valence-electron chi connectivity index (χ3n) is 9.12. The number of furan rings is 2. The zero-order valence-electron chi connectivity index (χ0n) is 23.7. The van der Waals surface area contributed by atoms with E-state index in [0.717, 1.165) is 65.4 Å². The third kappa shape index (κ3) is 3.53. The van der Waals surface area contributed by atoms with Crippen LogP contribution in [0, 0.1) is 0 Å². The van der Waals surface area contributed by atoms with Gasteiger partial charge in [0.15, 0.2) is 0 Å². The molecule has 3 nitrogen and oxygen atoms in total. The Bertz CT molecular complexity index is 2410. The Labute approximate surface area is 257 Å². The first-order chi connectivity index (χ1) is 21.0. The van der Waals surface area contributed by atoms with Crippen molar-refractivity contribution < 1.29 is 8.83 Å². The van der Waals surface area contributed by atoms with Crippen molar-refractivity contribution in [2.24, 2.45) is 0 Å². The second kappa shape index (κ2) is 8.85. The minimum atomic E-state index is -0.0554. The predicted molar refractivity (Wildman–Crippen MR) is 181 cm³/mol. The van der Waals surface area contributed by atoms with Gasteiger partial charge < -0.3 is 13.7 Å². The molecule has 206 valence electrons. The maximum atomic E-state index is 6.35. The fraction of sp³-hybridized carbons (Fsp3) is 0.0769. The van der Waals surface area contributed by atoms with E-state index in [1.165, 1.54) is 22.3 Å². The lowest BCUT2D eigenvalue weighted by molar-refractivity contribution is 0.660. The molecule has 1 aliphatic carbocycles. The van der Waals surface area contributed by atoms with Gasteiger partial charge in [0.25, 0.3) is 0 Å². The molecule has 0 saturated heterocycles. The number of para-hydroxylation sites is 2. The fourth-order valence-corrected chi connectivity index (χ4v) is 7.58. The second-order valence-electron chi connectivity index (χ2n) is 11.9. The molecule has 0 atom stereocenters. The average Bonchev–Trinajstić information content (AvgIpc) is 3.66. The Morgan fingerprint density at radius 2 is 1.14 bits per heavy atom. The van der Waals surface area contributed by atoms with Crippen LogP contribution in [0.4, 0.5) is 17.1 Å². The molecular weight excluding hydrogens is 594 g/mol. The standard InChI is InChI=1S/C39H26BrNO2/c1-39(2)32-12-6-3-9-26(32)30-19-23(16-18-33(30)39)41(24-15-17-29-27-10-4-7-13-35(27)42-37(29)22-24)25-20-31-28-11-5-8-14-36(28)43-38(31)34(40)21-25/h3-22H,1-2H3. The summed E-state index contributed by atoms with van der Waals surface area (Å²) in [4.78, 5) is 2.33. The van der Waals surface area contributed by atoms with E-state index in [1.807, 2.05) is 24.3 Å². The van der Waals surface area contributed by atoms with Gasteiger partial charge in [-0.3, -0.25) is 0 Å². The molecule has 8 aromatic rings. The van der Waals surface area contributed by atoms with Gasteiger partial charge in [0.1, 0.15) is 22.3 Å². The SMILES string of the molecule is CC1(C)c2ccccc2-c2cc(N(c3ccc4c(c3)oc3ccccc34)c3cc(Br)c4oc5ccccc5c4c3)ccc21. The van der Waals surface area contributed by atoms with Crippen molar-refractivity contribution in [3.63, 3.8) is 0 Å². The van der Waals surface area contributed by atoms with Crippen molar-refractivity contribution in [3.8, 4) is 11.1 Å². The monoisotopic (exact) mass is 619 g/mol. The summed E-state index contributed by atoms with van der Waals surface area (Å²) in [7, 11) is 0. The topological polar surface area (TPSA) is 29.5 Å². The maximum absolute atomic E-state index is 6.35. The molecule has 0 unspecified atom stereocenters. The van der Waals surface area contributed by atoms with Gasteiger partial charge in [-0.15, -0.1) is 0 Å². The van der Waals surface area contributed by atoms with Crippen LogP contribution in [0.2, 0.25) is 0 Å². The Morgan fingerprint density at radius 3 is 1.98 bits per heavy atom. The van der Waals surface area contributed by atoms with Gasteiger partial charge in [-0.1, -0.05) is 80.6 Å². The quantitative estimate of drug-likeness (QED) is 0.197. The van der Waals surface area contributed by atoms with Crippen molar-refractivity contribution in [3.05, 3.63) is 137 Å². The molecule has 0 amide bonds. The van der Waals surface area contributed by atoms with Gasteiger partial charge in [-0.2, -0.15) is 0 Å². The number of halogens is 1. The maximum Gasteiger partial charge on any atom is 0.149 e. The summed E-state index contributed by atoms with van der Waals surface area (Å²) in [5.74, 6) is 0. The van der Waals surface area contributed by atoms with Gasteiger partial charge in [0.2, 0.25) is 0 Å². The van der Waals surface area contributed by atoms with Crippen molar-refractivity contribution in [2.75, 3.05) is 4.90 Å². The second-order valence-corrected chi connectivity index (χ2v) is 12.8. The highest BCUT2D eigenvalue weighted by atomic mass is 79.9. The van der Waals surface area contributed by atoms with Gasteiger partial charge in [0.05, 0.1) is 4.47 Å². The lowest BCUT2D eigenvalue weighted by Gasteiger charge is -2.27. The number of fused-ring (bicyclic) bond motifs is 9. The van der Waals surface area contributed by atoms with Crippen LogP contribution in [0.1, 0.15) is 25.0 Å². The molecule has 4 heteroatoms. The van der Waals surface area contributed by atoms with Crippen LogP contribution < -0.4 is 4.90 Å². The van der Waals surface area contributed by atoms with Crippen molar-refractivity contribution in [1.29, 1.82) is 0 Å². The molecule has 0 fully saturated rings. The highest BCUT2D eigenvalue weighted by Crippen LogP contribution is 2.51. The van der Waals surface area contributed by atoms with Crippen LogP contribution in [-0.2, 0) is 5.41 Å². The molecule has 0 saturated carbocycles. The first-order valence-corrected chi connectivity index (χ1v) is 15.3. The Morgan fingerprint density at radius 1 is 0.512 bits per heavy atom. The minimum absolute atomic E-state index is 0.0554. The summed E-state index contributed by atoms with van der Waals surface area (Å²) in [6.07, 6.45) is 0. The number of anilines is 3. The molecule has 2 heterocycles. The lowest BCUT2D eigenvalue weighted by atomic mass is 9.82. The highest BCUT2D eigenvalue weighted by Gasteiger charge is 2.35. The molecule has 0 radical (unpaired) electrons. The third-order valence-corrected chi connectivity index (χ3v) is 9.71. The zero-order chi connectivity index (χ0) is 28.9. The summed E-state index contributed by atoms with van der Waals surface area (Å²) >= 11 is 3.85. The summed E-state index contributed by atoms with van der Waals surface area (Å²) < 4.78 is 13.5. The smallest absolute Gasteiger partial charge is 0.149 e. The Kier molecular flexibility index (Phi) is 5.10. The summed E-state index contributed by atoms with van der Waals surface area (Å²) in [6, 6.07) is 43.0. The van der Waals surface area contributed by atoms with Crippen LogP contribution in [0.5, 0.6) is 0 Å². The first-order valence-electron chi connectivity index (χ1n) is 14.5. The molecule has 43 heavy (non-hydrogen) atoms. The van der Waals surface area contributed by atoms with Crippen molar-refractivity contribution in [1.82, 2.24) is 0 Å². The van der Waals surface area contributed by atoms with Crippen molar-refractivity contribution in [2.45, 2.75) is 19.3 Å². The van der Waals surface area contributed by atoms with E-state index in [9.17, 15) is 0 Å². The van der Waals surface area contributed by atoms with Crippen LogP contribution in [0.3, 0.4) is 0 Å². The molecule has 2 aromatic heterocycles. The Hall–Kier alpha value is -4.80. The molecule has 0 spiro atoms. The number of hydrogen-bond acceptors (Lipinski definition) is 3.